The van der Waals surface area contributed by atoms with E-state index in [-0.39, 0.29) is 17.7 Å². The summed E-state index contributed by atoms with van der Waals surface area (Å²) >= 11 is 7.70. The van der Waals surface area contributed by atoms with Crippen LogP contribution in [0.1, 0.15) is 22.7 Å². The topological polar surface area (TPSA) is 61.4 Å². The molecular formula is C30H32ClN5OS. The number of aromatic nitrogens is 2. The number of hydrogen-bond donors (Lipinski definition) is 1. The van der Waals surface area contributed by atoms with Crippen LogP contribution in [-0.2, 0) is 11.3 Å². The van der Waals surface area contributed by atoms with Gasteiger partial charge in [-0.15, -0.1) is 0 Å². The molecule has 0 saturated heterocycles. The van der Waals surface area contributed by atoms with Crippen LogP contribution < -0.4 is 10.2 Å². The molecule has 0 radical (unpaired) electrons. The highest BCUT2D eigenvalue weighted by molar-refractivity contribution is 7.99. The number of anilines is 1. The maximum atomic E-state index is 13.1. The van der Waals surface area contributed by atoms with Crippen molar-refractivity contribution in [2.75, 3.05) is 37.8 Å². The molecular weight excluding hydrogens is 514 g/mol. The molecule has 196 valence electrons. The van der Waals surface area contributed by atoms with E-state index in [0.717, 1.165) is 30.0 Å². The summed E-state index contributed by atoms with van der Waals surface area (Å²) in [5.41, 5.74) is 3.23. The summed E-state index contributed by atoms with van der Waals surface area (Å²) < 4.78 is 0. The fraction of sp³-hybridized carbons (Fsp3) is 0.233. The predicted molar refractivity (Wildman–Crippen MR) is 157 cm³/mol. The Bertz CT molecular complexity index is 1250. The van der Waals surface area contributed by atoms with E-state index in [4.69, 9.17) is 16.6 Å². The van der Waals surface area contributed by atoms with Crippen LogP contribution in [0.3, 0.4) is 0 Å². The smallest absolute Gasteiger partial charge is 0.231 e. The third kappa shape index (κ3) is 8.31. The van der Waals surface area contributed by atoms with Crippen LogP contribution in [0.25, 0.3) is 0 Å². The summed E-state index contributed by atoms with van der Waals surface area (Å²) in [5.74, 6) is 0.809. The molecule has 1 aromatic heterocycles. The molecule has 0 saturated carbocycles. The maximum absolute atomic E-state index is 13.1. The number of nitrogens with zero attached hydrogens (tertiary/aromatic N) is 4. The lowest BCUT2D eigenvalue weighted by molar-refractivity contribution is -0.119. The number of rotatable bonds is 12. The van der Waals surface area contributed by atoms with Gasteiger partial charge in [0.05, 0.1) is 11.8 Å². The van der Waals surface area contributed by atoms with Gasteiger partial charge in [-0.2, -0.15) is 0 Å². The zero-order valence-electron chi connectivity index (χ0n) is 21.6. The van der Waals surface area contributed by atoms with Gasteiger partial charge in [0.25, 0.3) is 0 Å². The molecule has 0 atom stereocenters. The molecule has 0 aliphatic rings. The van der Waals surface area contributed by atoms with Crippen LogP contribution in [0.15, 0.2) is 102 Å². The van der Waals surface area contributed by atoms with Crippen LogP contribution in [0.4, 0.5) is 5.82 Å². The molecule has 0 aliphatic heterocycles. The predicted octanol–water partition coefficient (Wildman–Crippen LogP) is 5.70. The third-order valence-corrected chi connectivity index (χ3v) is 6.96. The Labute approximate surface area is 234 Å². The number of hydrogen-bond acceptors (Lipinski definition) is 6. The molecule has 1 heterocycles. The minimum Gasteiger partial charge on any atom is -0.351 e. The SMILES string of the molecule is CN(C)CCN(Cc1ccccc1)c1cc(Cl)nc(SCC(=O)NC(c2ccccc2)c2ccccc2)n1. The van der Waals surface area contributed by atoms with Crippen molar-refractivity contribution in [3.05, 3.63) is 119 Å². The lowest BCUT2D eigenvalue weighted by Gasteiger charge is -2.26. The minimum absolute atomic E-state index is 0.105. The Morgan fingerprint density at radius 1 is 0.868 bits per heavy atom. The van der Waals surface area contributed by atoms with Crippen molar-refractivity contribution in [2.45, 2.75) is 17.7 Å². The zero-order valence-corrected chi connectivity index (χ0v) is 23.2. The molecule has 6 nitrogen and oxygen atoms in total. The van der Waals surface area contributed by atoms with Crippen LogP contribution in [0.2, 0.25) is 5.15 Å². The molecule has 38 heavy (non-hydrogen) atoms. The summed E-state index contributed by atoms with van der Waals surface area (Å²) in [5, 5.41) is 4.00. The number of amides is 1. The van der Waals surface area contributed by atoms with Crippen molar-refractivity contribution in [3.63, 3.8) is 0 Å². The van der Waals surface area contributed by atoms with Gasteiger partial charge in [-0.1, -0.05) is 114 Å². The number of nitrogens with one attached hydrogen (secondary N) is 1. The lowest BCUT2D eigenvalue weighted by Crippen LogP contribution is -2.32. The zero-order chi connectivity index (χ0) is 26.7. The second kappa shape index (κ2) is 14.0. The Morgan fingerprint density at radius 2 is 1.45 bits per heavy atom. The molecule has 1 N–H and O–H groups in total. The van der Waals surface area contributed by atoms with Gasteiger partial charge >= 0.3 is 0 Å². The monoisotopic (exact) mass is 545 g/mol. The van der Waals surface area contributed by atoms with E-state index < -0.39 is 0 Å². The van der Waals surface area contributed by atoms with E-state index in [1.54, 1.807) is 6.07 Å². The molecule has 0 aliphatic carbocycles. The molecule has 0 bridgehead atoms. The summed E-state index contributed by atoms with van der Waals surface area (Å²) in [6.45, 7) is 2.33. The van der Waals surface area contributed by atoms with Gasteiger partial charge in [0.15, 0.2) is 5.16 Å². The molecule has 0 fully saturated rings. The summed E-state index contributed by atoms with van der Waals surface area (Å²) in [6, 6.07) is 31.7. The summed E-state index contributed by atoms with van der Waals surface area (Å²) in [4.78, 5) is 26.5. The van der Waals surface area contributed by atoms with E-state index in [1.165, 1.54) is 17.3 Å². The van der Waals surface area contributed by atoms with E-state index in [2.05, 4.69) is 32.2 Å². The fourth-order valence-electron chi connectivity index (χ4n) is 3.99. The quantitative estimate of drug-likeness (QED) is 0.140. The van der Waals surface area contributed by atoms with Gasteiger partial charge in [0.1, 0.15) is 11.0 Å². The second-order valence-corrected chi connectivity index (χ2v) is 10.5. The number of halogens is 1. The number of benzene rings is 3. The van der Waals surface area contributed by atoms with Gasteiger partial charge < -0.3 is 15.1 Å². The first-order chi connectivity index (χ1) is 18.5. The number of carbonyl (C=O) groups is 1. The van der Waals surface area contributed by atoms with Crippen molar-refractivity contribution in [2.24, 2.45) is 0 Å². The molecule has 4 rings (SSSR count). The number of thioether (sulfide) groups is 1. The number of likely N-dealkylation sites (N-methyl/N-ethyl adjacent to an activating group) is 1. The average molecular weight is 546 g/mol. The molecule has 0 unspecified atom stereocenters. The highest BCUT2D eigenvalue weighted by Gasteiger charge is 2.18. The highest BCUT2D eigenvalue weighted by atomic mass is 35.5. The van der Waals surface area contributed by atoms with Crippen molar-refractivity contribution in [1.29, 1.82) is 0 Å². The Kier molecular flexibility index (Phi) is 10.1. The van der Waals surface area contributed by atoms with Crippen molar-refractivity contribution in [3.8, 4) is 0 Å². The molecule has 8 heteroatoms. The Hall–Kier alpha value is -3.39. The van der Waals surface area contributed by atoms with Crippen LogP contribution in [-0.4, -0.2) is 53.7 Å². The van der Waals surface area contributed by atoms with Crippen molar-refractivity contribution in [1.82, 2.24) is 20.2 Å². The highest BCUT2D eigenvalue weighted by Crippen LogP contribution is 2.25. The van der Waals surface area contributed by atoms with Gasteiger partial charge in [0, 0.05) is 25.7 Å². The fourth-order valence-corrected chi connectivity index (χ4v) is 4.89. The Morgan fingerprint density at radius 3 is 2.03 bits per heavy atom. The van der Waals surface area contributed by atoms with E-state index >= 15 is 0 Å². The normalized spacial score (nSPS) is 11.1. The number of carbonyl (C=O) groups excluding carboxylic acids is 1. The standard InChI is InChI=1S/C30H32ClN5OS/c1-35(2)18-19-36(21-23-12-6-3-7-13-23)27-20-26(31)32-30(33-27)38-22-28(37)34-29(24-14-8-4-9-15-24)25-16-10-5-11-17-25/h3-17,20,29H,18-19,21-22H2,1-2H3,(H,34,37). The van der Waals surface area contributed by atoms with E-state index in [0.29, 0.717) is 16.9 Å². The minimum atomic E-state index is -0.242. The summed E-state index contributed by atoms with van der Waals surface area (Å²) in [7, 11) is 4.09. The van der Waals surface area contributed by atoms with Crippen LogP contribution in [0, 0.1) is 0 Å². The van der Waals surface area contributed by atoms with Gasteiger partial charge in [0.2, 0.25) is 5.91 Å². The van der Waals surface area contributed by atoms with Crippen molar-refractivity contribution < 1.29 is 4.79 Å². The summed E-state index contributed by atoms with van der Waals surface area (Å²) in [6.07, 6.45) is 0. The first-order valence-corrected chi connectivity index (χ1v) is 13.8. The second-order valence-electron chi connectivity index (χ2n) is 9.15. The Balaban J connectivity index is 1.47. The van der Waals surface area contributed by atoms with Crippen LogP contribution >= 0.6 is 23.4 Å². The molecule has 3 aromatic carbocycles. The largest absolute Gasteiger partial charge is 0.351 e. The molecule has 4 aromatic rings. The molecule has 0 spiro atoms. The first-order valence-electron chi connectivity index (χ1n) is 12.5. The molecule has 1 amide bonds. The average Bonchev–Trinajstić information content (AvgIpc) is 2.94. The van der Waals surface area contributed by atoms with E-state index in [9.17, 15) is 4.79 Å². The van der Waals surface area contributed by atoms with Gasteiger partial charge in [-0.05, 0) is 30.8 Å². The van der Waals surface area contributed by atoms with Crippen LogP contribution in [0.5, 0.6) is 0 Å². The lowest BCUT2D eigenvalue weighted by atomic mass is 9.99. The van der Waals surface area contributed by atoms with Gasteiger partial charge in [-0.3, -0.25) is 4.79 Å². The third-order valence-electron chi connectivity index (χ3n) is 5.92. The van der Waals surface area contributed by atoms with E-state index in [1.807, 2.05) is 93.0 Å². The first kappa shape index (κ1) is 27.6. The maximum Gasteiger partial charge on any atom is 0.231 e. The van der Waals surface area contributed by atoms with Gasteiger partial charge in [-0.25, -0.2) is 9.97 Å². The van der Waals surface area contributed by atoms with Crippen molar-refractivity contribution >= 4 is 35.1 Å².